The van der Waals surface area contributed by atoms with E-state index in [4.69, 9.17) is 0 Å². The van der Waals surface area contributed by atoms with Gasteiger partial charge in [0.05, 0.1) is 0 Å². The van der Waals surface area contributed by atoms with Crippen LogP contribution in [0.25, 0.3) is 0 Å². The molecule has 68 valence electrons. The van der Waals surface area contributed by atoms with Crippen molar-refractivity contribution in [2.24, 2.45) is 17.3 Å². The van der Waals surface area contributed by atoms with Gasteiger partial charge in [-0.05, 0) is 36.5 Å². The number of hydrogen-bond acceptors (Lipinski definition) is 1. The maximum absolute atomic E-state index is 11.3. The summed E-state index contributed by atoms with van der Waals surface area (Å²) in [5.41, 5.74) is 0.508. The van der Waals surface area contributed by atoms with Crippen molar-refractivity contribution in [3.63, 3.8) is 0 Å². The van der Waals surface area contributed by atoms with Crippen molar-refractivity contribution in [2.45, 2.75) is 46.0 Å². The minimum atomic E-state index is 0.508. The lowest BCUT2D eigenvalue weighted by Gasteiger charge is -2.43. The quantitative estimate of drug-likeness (QED) is 0.541. The summed E-state index contributed by atoms with van der Waals surface area (Å²) in [7, 11) is 0. The van der Waals surface area contributed by atoms with Gasteiger partial charge < -0.3 is 0 Å². The summed E-state index contributed by atoms with van der Waals surface area (Å²) in [4.78, 5) is 11.3. The van der Waals surface area contributed by atoms with Gasteiger partial charge in [-0.2, -0.15) is 0 Å². The van der Waals surface area contributed by atoms with Gasteiger partial charge in [0.2, 0.25) is 0 Å². The average Bonchev–Trinajstić information content (AvgIpc) is 1.78. The fraction of sp³-hybridized carbons (Fsp3) is 0.909. The smallest absolute Gasteiger partial charge is 0.133 e. The van der Waals surface area contributed by atoms with Crippen molar-refractivity contribution in [3.8, 4) is 0 Å². The molecule has 0 N–H and O–H groups in total. The molecule has 0 saturated heterocycles. The standard InChI is InChI=1S/C11H18O/c1-11(2)6-8-3-9(7-11)5-10(12)4-8/h8-9H,3-7H2,1-2H3. The van der Waals surface area contributed by atoms with E-state index >= 15 is 0 Å². The lowest BCUT2D eigenvalue weighted by atomic mass is 9.62. The van der Waals surface area contributed by atoms with Gasteiger partial charge in [-0.25, -0.2) is 0 Å². The van der Waals surface area contributed by atoms with Crippen molar-refractivity contribution in [1.29, 1.82) is 0 Å². The van der Waals surface area contributed by atoms with Gasteiger partial charge in [0.1, 0.15) is 5.78 Å². The maximum Gasteiger partial charge on any atom is 0.133 e. The molecule has 0 heterocycles. The van der Waals surface area contributed by atoms with Crippen LogP contribution in [0, 0.1) is 17.3 Å². The molecular formula is C11H18O. The maximum atomic E-state index is 11.3. The monoisotopic (exact) mass is 166 g/mol. The fourth-order valence-corrected chi connectivity index (χ4v) is 3.32. The minimum absolute atomic E-state index is 0.508. The first-order chi connectivity index (χ1) is 5.55. The Kier molecular flexibility index (Phi) is 1.78. The van der Waals surface area contributed by atoms with Crippen molar-refractivity contribution in [3.05, 3.63) is 0 Å². The Balaban J connectivity index is 2.10. The summed E-state index contributed by atoms with van der Waals surface area (Å²) in [6.45, 7) is 4.70. The summed E-state index contributed by atoms with van der Waals surface area (Å²) in [5, 5.41) is 0. The molecule has 0 aromatic carbocycles. The zero-order chi connectivity index (χ0) is 8.77. The molecule has 0 aromatic heterocycles. The molecule has 2 bridgehead atoms. The van der Waals surface area contributed by atoms with Gasteiger partial charge in [0.25, 0.3) is 0 Å². The number of carbonyl (C=O) groups is 1. The zero-order valence-corrected chi connectivity index (χ0v) is 8.10. The molecule has 2 fully saturated rings. The van der Waals surface area contributed by atoms with Gasteiger partial charge in [0.15, 0.2) is 0 Å². The third-order valence-corrected chi connectivity index (χ3v) is 3.38. The third-order valence-electron chi connectivity index (χ3n) is 3.38. The molecule has 0 amide bonds. The van der Waals surface area contributed by atoms with Crippen LogP contribution in [-0.4, -0.2) is 5.78 Å². The topological polar surface area (TPSA) is 17.1 Å². The Morgan fingerprint density at radius 1 is 1.17 bits per heavy atom. The fourth-order valence-electron chi connectivity index (χ4n) is 3.32. The highest BCUT2D eigenvalue weighted by Gasteiger charge is 2.38. The van der Waals surface area contributed by atoms with E-state index in [0.717, 1.165) is 24.7 Å². The Hall–Kier alpha value is -0.330. The van der Waals surface area contributed by atoms with E-state index in [1.54, 1.807) is 0 Å². The van der Waals surface area contributed by atoms with Crippen molar-refractivity contribution >= 4 is 5.78 Å². The Labute approximate surface area is 74.5 Å². The SMILES string of the molecule is CC1(C)CC2CC(=O)CC(C2)C1. The largest absolute Gasteiger partial charge is 0.300 e. The molecule has 0 aliphatic heterocycles. The van der Waals surface area contributed by atoms with Crippen LogP contribution in [-0.2, 0) is 4.79 Å². The predicted octanol–water partition coefficient (Wildman–Crippen LogP) is 2.79. The van der Waals surface area contributed by atoms with E-state index in [2.05, 4.69) is 13.8 Å². The van der Waals surface area contributed by atoms with Crippen LogP contribution in [0.2, 0.25) is 0 Å². The van der Waals surface area contributed by atoms with Crippen molar-refractivity contribution in [1.82, 2.24) is 0 Å². The first-order valence-corrected chi connectivity index (χ1v) is 5.07. The highest BCUT2D eigenvalue weighted by molar-refractivity contribution is 5.79. The van der Waals surface area contributed by atoms with Gasteiger partial charge in [0, 0.05) is 12.8 Å². The molecule has 0 spiro atoms. The van der Waals surface area contributed by atoms with E-state index in [-0.39, 0.29) is 0 Å². The number of Topliss-reactive ketones (excluding diaryl/α,β-unsaturated/α-hetero) is 1. The minimum Gasteiger partial charge on any atom is -0.300 e. The zero-order valence-electron chi connectivity index (χ0n) is 8.10. The molecule has 0 radical (unpaired) electrons. The Morgan fingerprint density at radius 2 is 1.67 bits per heavy atom. The number of fused-ring (bicyclic) bond motifs is 2. The van der Waals surface area contributed by atoms with Gasteiger partial charge >= 0.3 is 0 Å². The summed E-state index contributed by atoms with van der Waals surface area (Å²) in [6.07, 6.45) is 5.62. The molecule has 1 heteroatoms. The second-order valence-electron chi connectivity index (χ2n) is 5.49. The number of ketones is 1. The second-order valence-corrected chi connectivity index (χ2v) is 5.49. The molecule has 2 unspecified atom stereocenters. The van der Waals surface area contributed by atoms with Crippen LogP contribution in [0.3, 0.4) is 0 Å². The van der Waals surface area contributed by atoms with Crippen molar-refractivity contribution < 1.29 is 4.79 Å². The molecule has 0 aromatic rings. The number of rotatable bonds is 0. The van der Waals surface area contributed by atoms with Gasteiger partial charge in [-0.1, -0.05) is 13.8 Å². The highest BCUT2D eigenvalue weighted by atomic mass is 16.1. The van der Waals surface area contributed by atoms with Crippen LogP contribution in [0.4, 0.5) is 0 Å². The molecule has 2 rings (SSSR count). The average molecular weight is 166 g/mol. The predicted molar refractivity (Wildman–Crippen MR) is 48.9 cm³/mol. The first-order valence-electron chi connectivity index (χ1n) is 5.07. The van der Waals surface area contributed by atoms with E-state index < -0.39 is 0 Å². The first kappa shape index (κ1) is 8.28. The lowest BCUT2D eigenvalue weighted by molar-refractivity contribution is -0.125. The molecule has 2 aliphatic carbocycles. The van der Waals surface area contributed by atoms with Crippen molar-refractivity contribution in [2.75, 3.05) is 0 Å². The van der Waals surface area contributed by atoms with E-state index in [0.29, 0.717) is 11.2 Å². The van der Waals surface area contributed by atoms with E-state index in [9.17, 15) is 4.79 Å². The normalized spacial score (nSPS) is 39.7. The van der Waals surface area contributed by atoms with Gasteiger partial charge in [-0.3, -0.25) is 4.79 Å². The third kappa shape index (κ3) is 1.55. The number of carbonyl (C=O) groups excluding carboxylic acids is 1. The van der Waals surface area contributed by atoms with E-state index in [1.165, 1.54) is 19.3 Å². The molecule has 2 aliphatic rings. The van der Waals surface area contributed by atoms with Crippen LogP contribution in [0.15, 0.2) is 0 Å². The van der Waals surface area contributed by atoms with Crippen LogP contribution in [0.5, 0.6) is 0 Å². The van der Waals surface area contributed by atoms with Gasteiger partial charge in [-0.15, -0.1) is 0 Å². The molecule has 2 saturated carbocycles. The molecule has 1 nitrogen and oxygen atoms in total. The molecule has 2 atom stereocenters. The van der Waals surface area contributed by atoms with E-state index in [1.807, 2.05) is 0 Å². The van der Waals surface area contributed by atoms with Crippen LogP contribution < -0.4 is 0 Å². The number of hydrogen-bond donors (Lipinski definition) is 0. The molecule has 12 heavy (non-hydrogen) atoms. The second kappa shape index (κ2) is 2.58. The summed E-state index contributed by atoms with van der Waals surface area (Å²) in [6, 6.07) is 0. The summed E-state index contributed by atoms with van der Waals surface area (Å²) >= 11 is 0. The van der Waals surface area contributed by atoms with Crippen LogP contribution >= 0.6 is 0 Å². The lowest BCUT2D eigenvalue weighted by Crippen LogP contribution is -2.35. The summed E-state index contributed by atoms with van der Waals surface area (Å²) in [5.74, 6) is 1.96. The summed E-state index contributed by atoms with van der Waals surface area (Å²) < 4.78 is 0. The Bertz CT molecular complexity index is 187. The van der Waals surface area contributed by atoms with Crippen LogP contribution in [0.1, 0.15) is 46.0 Å². The Morgan fingerprint density at radius 3 is 2.17 bits per heavy atom. The highest BCUT2D eigenvalue weighted by Crippen LogP contribution is 2.47. The molecular weight excluding hydrogens is 148 g/mol.